The average molecular weight is 251 g/mol. The van der Waals surface area contributed by atoms with Crippen molar-refractivity contribution in [3.8, 4) is 5.88 Å². The third-order valence-electron chi connectivity index (χ3n) is 2.45. The summed E-state index contributed by atoms with van der Waals surface area (Å²) >= 11 is 0. The van der Waals surface area contributed by atoms with Crippen LogP contribution in [0.3, 0.4) is 0 Å². The second kappa shape index (κ2) is 3.68. The van der Waals surface area contributed by atoms with Crippen molar-refractivity contribution in [2.24, 2.45) is 0 Å². The van der Waals surface area contributed by atoms with Crippen LogP contribution in [0.1, 0.15) is 18.5 Å². The Morgan fingerprint density at radius 2 is 2.20 bits per heavy atom. The fraction of sp³-hybridized carbons (Fsp3) is 0.625. The summed E-state index contributed by atoms with van der Waals surface area (Å²) in [5.41, 5.74) is 0.660. The molecule has 0 radical (unpaired) electrons. The molecule has 1 aliphatic heterocycles. The van der Waals surface area contributed by atoms with Gasteiger partial charge < -0.3 is 4.74 Å². The van der Waals surface area contributed by atoms with Crippen molar-refractivity contribution in [3.05, 3.63) is 5.69 Å². The number of nitrogens with zero attached hydrogens (tertiary/aromatic N) is 2. The summed E-state index contributed by atoms with van der Waals surface area (Å²) in [7, 11) is 2.97. The lowest BCUT2D eigenvalue weighted by molar-refractivity contribution is 0.377. The van der Waals surface area contributed by atoms with E-state index in [-0.39, 0.29) is 10.8 Å². The lowest BCUT2D eigenvalue weighted by Gasteiger charge is -2.12. The Bertz CT molecular complexity index is 480. The van der Waals surface area contributed by atoms with E-state index in [2.05, 4.69) is 5.10 Å². The van der Waals surface area contributed by atoms with Gasteiger partial charge in [-0.25, -0.2) is 8.42 Å². The molecule has 0 unspecified atom stereocenters. The van der Waals surface area contributed by atoms with E-state index in [9.17, 15) is 8.42 Å². The molecule has 2 rings (SSSR count). The van der Waals surface area contributed by atoms with Gasteiger partial charge in [-0.2, -0.15) is 0 Å². The zero-order valence-corrected chi connectivity index (χ0v) is 9.81. The Morgan fingerprint density at radius 3 is 2.80 bits per heavy atom. The van der Waals surface area contributed by atoms with E-state index in [1.807, 2.05) is 0 Å². The molecule has 0 saturated carbocycles. The van der Waals surface area contributed by atoms with Crippen molar-refractivity contribution >= 4 is 19.7 Å². The quantitative estimate of drug-likeness (QED) is 0.739. The molecule has 5 nitrogen and oxygen atoms in total. The topological polar surface area (TPSA) is 61.2 Å². The number of fused-ring (bicyclic) bond motifs is 1. The molecule has 0 bridgehead atoms. The first-order valence-electron chi connectivity index (χ1n) is 4.62. The normalized spacial score (nSPS) is 16.1. The summed E-state index contributed by atoms with van der Waals surface area (Å²) in [6.45, 7) is 0.720. The zero-order valence-electron chi connectivity index (χ0n) is 8.23. The maximum Gasteiger partial charge on any atom is 0.268 e. The molecule has 0 aliphatic carbocycles. The van der Waals surface area contributed by atoms with Gasteiger partial charge in [0.2, 0.25) is 0 Å². The van der Waals surface area contributed by atoms with Gasteiger partial charge in [0.05, 0.1) is 12.8 Å². The highest BCUT2D eigenvalue weighted by atomic mass is 35.7. The highest BCUT2D eigenvalue weighted by molar-refractivity contribution is 8.13. The Kier molecular flexibility index (Phi) is 2.64. The van der Waals surface area contributed by atoms with Gasteiger partial charge in [-0.05, 0) is 19.3 Å². The van der Waals surface area contributed by atoms with Crippen molar-refractivity contribution in [2.75, 3.05) is 7.11 Å². The molecule has 0 amide bonds. The molecule has 15 heavy (non-hydrogen) atoms. The molecular formula is C8H11ClN2O3S. The molecule has 1 aromatic rings. The van der Waals surface area contributed by atoms with Gasteiger partial charge in [0, 0.05) is 17.2 Å². The maximum absolute atomic E-state index is 11.4. The molecule has 0 spiro atoms. The largest absolute Gasteiger partial charge is 0.479 e. The first kappa shape index (κ1) is 10.8. The van der Waals surface area contributed by atoms with Gasteiger partial charge >= 0.3 is 0 Å². The van der Waals surface area contributed by atoms with Gasteiger partial charge in [0.15, 0.2) is 4.90 Å². The molecule has 0 fully saturated rings. The molecule has 2 heterocycles. The highest BCUT2D eigenvalue weighted by Crippen LogP contribution is 2.32. The summed E-state index contributed by atoms with van der Waals surface area (Å²) in [4.78, 5) is 0.0337. The summed E-state index contributed by atoms with van der Waals surface area (Å²) in [6.07, 6.45) is 2.63. The van der Waals surface area contributed by atoms with E-state index in [0.717, 1.165) is 19.4 Å². The molecule has 0 aromatic carbocycles. The van der Waals surface area contributed by atoms with Crippen molar-refractivity contribution in [3.63, 3.8) is 0 Å². The zero-order chi connectivity index (χ0) is 11.1. The van der Waals surface area contributed by atoms with Crippen LogP contribution >= 0.6 is 10.7 Å². The fourth-order valence-electron chi connectivity index (χ4n) is 1.82. The minimum absolute atomic E-state index is 0.0337. The SMILES string of the molecule is COc1nn2c(c1S(=O)(=O)Cl)CCCC2. The van der Waals surface area contributed by atoms with Crippen LogP contribution < -0.4 is 4.74 Å². The van der Waals surface area contributed by atoms with Gasteiger partial charge in [-0.15, -0.1) is 5.10 Å². The number of hydrogen-bond acceptors (Lipinski definition) is 4. The van der Waals surface area contributed by atoms with Crippen molar-refractivity contribution in [1.82, 2.24) is 9.78 Å². The number of aromatic nitrogens is 2. The third-order valence-corrected chi connectivity index (χ3v) is 3.81. The lowest BCUT2D eigenvalue weighted by atomic mass is 10.1. The van der Waals surface area contributed by atoms with Crippen LogP contribution in [0.2, 0.25) is 0 Å². The molecule has 0 N–H and O–H groups in total. The minimum atomic E-state index is -3.78. The van der Waals surface area contributed by atoms with Crippen molar-refractivity contribution in [1.29, 1.82) is 0 Å². The van der Waals surface area contributed by atoms with Crippen molar-refractivity contribution in [2.45, 2.75) is 30.7 Å². The first-order chi connectivity index (χ1) is 7.04. The van der Waals surface area contributed by atoms with Gasteiger partial charge in [0.25, 0.3) is 14.9 Å². The fourth-order valence-corrected chi connectivity index (χ4v) is 3.10. The van der Waals surface area contributed by atoms with Crippen LogP contribution in [-0.4, -0.2) is 25.3 Å². The predicted molar refractivity (Wildman–Crippen MR) is 54.8 cm³/mol. The van der Waals surface area contributed by atoms with Gasteiger partial charge in [-0.1, -0.05) is 0 Å². The van der Waals surface area contributed by atoms with Crippen LogP contribution in [0.5, 0.6) is 5.88 Å². The number of halogens is 1. The average Bonchev–Trinajstić information content (AvgIpc) is 2.54. The van der Waals surface area contributed by atoms with Crippen molar-refractivity contribution < 1.29 is 13.2 Å². The Hall–Kier alpha value is -0.750. The monoisotopic (exact) mass is 250 g/mol. The molecule has 1 aliphatic rings. The molecule has 0 saturated heterocycles. The van der Waals surface area contributed by atoms with Crippen LogP contribution in [-0.2, 0) is 22.0 Å². The number of rotatable bonds is 2. The standard InChI is InChI=1S/C8H11ClN2O3S/c1-14-8-7(15(9,12)13)6-4-2-3-5-11(6)10-8/h2-5H2,1H3. The van der Waals surface area contributed by atoms with Crippen LogP contribution in [0.15, 0.2) is 4.90 Å². The van der Waals surface area contributed by atoms with E-state index < -0.39 is 9.05 Å². The third kappa shape index (κ3) is 1.83. The molecule has 0 atom stereocenters. The van der Waals surface area contributed by atoms with Crippen LogP contribution in [0, 0.1) is 0 Å². The Labute approximate surface area is 92.4 Å². The first-order valence-corrected chi connectivity index (χ1v) is 6.93. The lowest BCUT2D eigenvalue weighted by Crippen LogP contribution is -2.12. The number of hydrogen-bond donors (Lipinski definition) is 0. The van der Waals surface area contributed by atoms with E-state index in [1.54, 1.807) is 4.68 Å². The smallest absolute Gasteiger partial charge is 0.268 e. The molecule has 84 valence electrons. The second-order valence-corrected chi connectivity index (χ2v) is 5.91. The predicted octanol–water partition coefficient (Wildman–Crippen LogP) is 1.16. The summed E-state index contributed by atoms with van der Waals surface area (Å²) in [5, 5.41) is 4.07. The maximum atomic E-state index is 11.4. The number of aryl methyl sites for hydroxylation is 1. The Morgan fingerprint density at radius 1 is 1.47 bits per heavy atom. The summed E-state index contributed by atoms with van der Waals surface area (Å²) in [5.74, 6) is 0.0990. The van der Waals surface area contributed by atoms with Crippen LogP contribution in [0.25, 0.3) is 0 Å². The van der Waals surface area contributed by atoms with Gasteiger partial charge in [0.1, 0.15) is 0 Å². The number of ether oxygens (including phenoxy) is 1. The van der Waals surface area contributed by atoms with E-state index in [4.69, 9.17) is 15.4 Å². The number of methoxy groups -OCH3 is 1. The summed E-state index contributed by atoms with van der Waals surface area (Å²) < 4.78 is 29.3. The second-order valence-electron chi connectivity index (χ2n) is 3.40. The van der Waals surface area contributed by atoms with E-state index >= 15 is 0 Å². The van der Waals surface area contributed by atoms with Crippen LogP contribution in [0.4, 0.5) is 0 Å². The Balaban J connectivity index is 2.65. The van der Waals surface area contributed by atoms with Gasteiger partial charge in [-0.3, -0.25) is 4.68 Å². The summed E-state index contributed by atoms with van der Waals surface area (Å²) in [6, 6.07) is 0. The minimum Gasteiger partial charge on any atom is -0.479 e. The molecule has 1 aromatic heterocycles. The molecular weight excluding hydrogens is 240 g/mol. The van der Waals surface area contributed by atoms with E-state index in [1.165, 1.54) is 7.11 Å². The van der Waals surface area contributed by atoms with E-state index in [0.29, 0.717) is 12.1 Å². The highest BCUT2D eigenvalue weighted by Gasteiger charge is 2.29. The molecule has 7 heteroatoms.